The third kappa shape index (κ3) is 4.90. The SMILES string of the molecule is C=C/C=C\C=C\c1ccc(Oc2ncnc3c2C=C(c2cccc(OC)c2)CN3)cc1. The summed E-state index contributed by atoms with van der Waals surface area (Å²) in [6, 6.07) is 15.8. The number of hydrogen-bond donors (Lipinski definition) is 1. The number of aromatic nitrogens is 2. The molecule has 5 nitrogen and oxygen atoms in total. The lowest BCUT2D eigenvalue weighted by Gasteiger charge is -2.20. The third-order valence-electron chi connectivity index (χ3n) is 4.79. The van der Waals surface area contributed by atoms with E-state index in [0.717, 1.165) is 33.8 Å². The molecule has 0 amide bonds. The lowest BCUT2D eigenvalue weighted by Crippen LogP contribution is -2.12. The minimum absolute atomic E-state index is 0.509. The second kappa shape index (κ2) is 9.59. The minimum Gasteiger partial charge on any atom is -0.497 e. The average molecular weight is 409 g/mol. The number of fused-ring (bicyclic) bond motifs is 1. The van der Waals surface area contributed by atoms with E-state index in [9.17, 15) is 0 Å². The molecule has 31 heavy (non-hydrogen) atoms. The van der Waals surface area contributed by atoms with Gasteiger partial charge in [0.15, 0.2) is 0 Å². The molecule has 2 aromatic carbocycles. The summed E-state index contributed by atoms with van der Waals surface area (Å²) >= 11 is 0. The molecule has 0 radical (unpaired) electrons. The van der Waals surface area contributed by atoms with E-state index >= 15 is 0 Å². The molecule has 0 aliphatic carbocycles. The van der Waals surface area contributed by atoms with E-state index in [-0.39, 0.29) is 0 Å². The van der Waals surface area contributed by atoms with Gasteiger partial charge in [-0.1, -0.05) is 61.2 Å². The van der Waals surface area contributed by atoms with Crippen molar-refractivity contribution in [1.29, 1.82) is 0 Å². The van der Waals surface area contributed by atoms with Gasteiger partial charge < -0.3 is 14.8 Å². The van der Waals surface area contributed by atoms with Crippen LogP contribution in [0, 0.1) is 0 Å². The molecule has 1 aliphatic rings. The van der Waals surface area contributed by atoms with Gasteiger partial charge in [0, 0.05) is 6.54 Å². The normalized spacial score (nSPS) is 12.9. The maximum absolute atomic E-state index is 6.09. The Morgan fingerprint density at radius 1 is 1.00 bits per heavy atom. The van der Waals surface area contributed by atoms with Crippen molar-refractivity contribution in [2.75, 3.05) is 19.0 Å². The lowest BCUT2D eigenvalue weighted by atomic mass is 10.0. The average Bonchev–Trinajstić information content (AvgIpc) is 2.83. The van der Waals surface area contributed by atoms with Gasteiger partial charge in [-0.05, 0) is 47.0 Å². The molecule has 1 N–H and O–H groups in total. The first-order chi connectivity index (χ1) is 15.3. The van der Waals surface area contributed by atoms with Gasteiger partial charge in [0.1, 0.15) is 23.6 Å². The highest BCUT2D eigenvalue weighted by Crippen LogP contribution is 2.34. The van der Waals surface area contributed by atoms with Crippen LogP contribution in [0.1, 0.15) is 16.7 Å². The highest BCUT2D eigenvalue weighted by Gasteiger charge is 2.18. The van der Waals surface area contributed by atoms with Crippen LogP contribution in [-0.4, -0.2) is 23.6 Å². The monoisotopic (exact) mass is 409 g/mol. The molecule has 3 aromatic rings. The number of nitrogens with one attached hydrogen (secondary N) is 1. The fourth-order valence-corrected chi connectivity index (χ4v) is 3.21. The van der Waals surface area contributed by atoms with Crippen molar-refractivity contribution >= 4 is 23.5 Å². The molecule has 0 saturated carbocycles. The molecule has 0 bridgehead atoms. The molecule has 1 aliphatic heterocycles. The zero-order valence-electron chi connectivity index (χ0n) is 17.3. The van der Waals surface area contributed by atoms with E-state index in [4.69, 9.17) is 9.47 Å². The molecule has 4 rings (SSSR count). The summed E-state index contributed by atoms with van der Waals surface area (Å²) in [5, 5.41) is 3.35. The lowest BCUT2D eigenvalue weighted by molar-refractivity contribution is 0.414. The van der Waals surface area contributed by atoms with E-state index in [1.165, 1.54) is 6.33 Å². The van der Waals surface area contributed by atoms with Crippen LogP contribution in [0.15, 0.2) is 85.7 Å². The van der Waals surface area contributed by atoms with E-state index in [0.29, 0.717) is 18.2 Å². The molecule has 0 spiro atoms. The number of methoxy groups -OCH3 is 1. The summed E-state index contributed by atoms with van der Waals surface area (Å²) < 4.78 is 11.4. The topological polar surface area (TPSA) is 56.3 Å². The van der Waals surface area contributed by atoms with Gasteiger partial charge in [-0.15, -0.1) is 0 Å². The van der Waals surface area contributed by atoms with E-state index in [1.807, 2.05) is 66.8 Å². The van der Waals surface area contributed by atoms with Crippen LogP contribution in [-0.2, 0) is 0 Å². The van der Waals surface area contributed by atoms with Gasteiger partial charge in [-0.3, -0.25) is 0 Å². The van der Waals surface area contributed by atoms with Crippen molar-refractivity contribution in [3.05, 3.63) is 102 Å². The molecular formula is C26H23N3O2. The van der Waals surface area contributed by atoms with Crippen LogP contribution < -0.4 is 14.8 Å². The maximum atomic E-state index is 6.09. The predicted octanol–water partition coefficient (Wildman–Crippen LogP) is 6.00. The van der Waals surface area contributed by atoms with E-state index in [2.05, 4.69) is 34.0 Å². The second-order valence-electron chi connectivity index (χ2n) is 6.85. The molecule has 5 heteroatoms. The fourth-order valence-electron chi connectivity index (χ4n) is 3.21. The maximum Gasteiger partial charge on any atom is 0.231 e. The molecular weight excluding hydrogens is 386 g/mol. The van der Waals surface area contributed by atoms with Gasteiger partial charge in [-0.2, -0.15) is 0 Å². The van der Waals surface area contributed by atoms with Crippen LogP contribution >= 0.6 is 0 Å². The van der Waals surface area contributed by atoms with Crippen LogP contribution in [0.4, 0.5) is 5.82 Å². The van der Waals surface area contributed by atoms with E-state index in [1.54, 1.807) is 13.2 Å². The Labute approximate surface area is 182 Å². The van der Waals surface area contributed by atoms with Gasteiger partial charge in [0.25, 0.3) is 0 Å². The summed E-state index contributed by atoms with van der Waals surface area (Å²) in [6.07, 6.45) is 13.1. The fraction of sp³-hybridized carbons (Fsp3) is 0.0769. The first kappa shape index (κ1) is 20.2. The summed E-state index contributed by atoms with van der Waals surface area (Å²) in [5.41, 5.74) is 4.09. The third-order valence-corrected chi connectivity index (χ3v) is 4.79. The Bertz CT molecular complexity index is 1160. The molecule has 0 saturated heterocycles. The van der Waals surface area contributed by atoms with Crippen molar-refractivity contribution in [2.24, 2.45) is 0 Å². The first-order valence-corrected chi connectivity index (χ1v) is 9.94. The van der Waals surface area contributed by atoms with Gasteiger partial charge in [0.05, 0.1) is 12.7 Å². The number of rotatable bonds is 7. The van der Waals surface area contributed by atoms with Crippen LogP contribution in [0.2, 0.25) is 0 Å². The summed E-state index contributed by atoms with van der Waals surface area (Å²) in [4.78, 5) is 8.72. The zero-order chi connectivity index (χ0) is 21.5. The first-order valence-electron chi connectivity index (χ1n) is 9.94. The standard InChI is InChI=1S/C26H23N3O2/c1-3-4-5-6-8-19-11-13-22(14-12-19)31-26-24-16-21(17-27-25(24)28-18-29-26)20-9-7-10-23(15-20)30-2/h3-16,18H,1,17H2,2H3,(H,27,28,29)/b5-4-,8-6+. The molecule has 154 valence electrons. The minimum atomic E-state index is 0.509. The number of allylic oxidation sites excluding steroid dienone is 4. The summed E-state index contributed by atoms with van der Waals surface area (Å²) in [7, 11) is 1.67. The quantitative estimate of drug-likeness (QED) is 0.485. The number of benzene rings is 2. The second-order valence-corrected chi connectivity index (χ2v) is 6.85. The largest absolute Gasteiger partial charge is 0.497 e. The van der Waals surface area contributed by atoms with Gasteiger partial charge >= 0.3 is 0 Å². The van der Waals surface area contributed by atoms with Crippen LogP contribution in [0.25, 0.3) is 17.7 Å². The highest BCUT2D eigenvalue weighted by molar-refractivity contribution is 5.91. The Balaban J connectivity index is 1.58. The molecule has 2 heterocycles. The molecule has 1 aromatic heterocycles. The van der Waals surface area contributed by atoms with Crippen molar-refractivity contribution < 1.29 is 9.47 Å². The Morgan fingerprint density at radius 2 is 1.87 bits per heavy atom. The number of nitrogens with zero attached hydrogens (tertiary/aromatic N) is 2. The Hall–Kier alpha value is -4.12. The number of anilines is 1. The van der Waals surface area contributed by atoms with Crippen molar-refractivity contribution in [2.45, 2.75) is 0 Å². The molecule has 0 fully saturated rings. The highest BCUT2D eigenvalue weighted by atomic mass is 16.5. The van der Waals surface area contributed by atoms with Gasteiger partial charge in [0.2, 0.25) is 5.88 Å². The number of hydrogen-bond acceptors (Lipinski definition) is 5. The van der Waals surface area contributed by atoms with Crippen molar-refractivity contribution in [3.63, 3.8) is 0 Å². The van der Waals surface area contributed by atoms with Crippen LogP contribution in [0.5, 0.6) is 17.4 Å². The van der Waals surface area contributed by atoms with Crippen LogP contribution in [0.3, 0.4) is 0 Å². The molecule has 0 atom stereocenters. The van der Waals surface area contributed by atoms with Gasteiger partial charge in [-0.25, -0.2) is 9.97 Å². The van der Waals surface area contributed by atoms with Crippen molar-refractivity contribution in [1.82, 2.24) is 9.97 Å². The van der Waals surface area contributed by atoms with E-state index < -0.39 is 0 Å². The van der Waals surface area contributed by atoms with Crippen molar-refractivity contribution in [3.8, 4) is 17.4 Å². The smallest absolute Gasteiger partial charge is 0.231 e. The summed E-state index contributed by atoms with van der Waals surface area (Å²) in [6.45, 7) is 4.32. The summed E-state index contributed by atoms with van der Waals surface area (Å²) in [5.74, 6) is 2.79. The zero-order valence-corrected chi connectivity index (χ0v) is 17.3. The Morgan fingerprint density at radius 3 is 2.68 bits per heavy atom. The Kier molecular flexibility index (Phi) is 6.24. The predicted molar refractivity (Wildman–Crippen MR) is 126 cm³/mol. The molecule has 0 unspecified atom stereocenters. The number of ether oxygens (including phenoxy) is 2.